The first-order valence-electron chi connectivity index (χ1n) is 4.06. The summed E-state index contributed by atoms with van der Waals surface area (Å²) >= 11 is 0. The Hall–Kier alpha value is -0.170. The molecule has 0 saturated heterocycles. The first-order chi connectivity index (χ1) is 5.83. The summed E-state index contributed by atoms with van der Waals surface area (Å²) in [6, 6.07) is 0. The van der Waals surface area contributed by atoms with E-state index >= 15 is 0 Å². The minimum Gasteiger partial charge on any atom is -0.349 e. The lowest BCUT2D eigenvalue weighted by Crippen LogP contribution is -2.39. The summed E-state index contributed by atoms with van der Waals surface area (Å²) in [5, 5.41) is 0. The fourth-order valence-electron chi connectivity index (χ4n) is 1.07. The maximum atomic E-state index is 10.6. The van der Waals surface area contributed by atoms with Gasteiger partial charge in [-0.05, 0) is 20.8 Å². The van der Waals surface area contributed by atoms with E-state index in [0.717, 1.165) is 0 Å². The molecular weight excluding hydrogens is 196 g/mol. The Bertz CT molecular complexity index is 227. The molecule has 0 unspecified atom stereocenters. The predicted molar refractivity (Wildman–Crippen MR) is 48.1 cm³/mol. The monoisotopic (exact) mass is 212 g/mol. The van der Waals surface area contributed by atoms with Gasteiger partial charge < -0.3 is 9.47 Å². The number of rotatable bonds is 6. The number of ether oxygens (including phenoxy) is 2. The van der Waals surface area contributed by atoms with Gasteiger partial charge in [0.05, 0.1) is 0 Å². The molecule has 0 rings (SSSR count). The molecule has 0 saturated carbocycles. The highest BCUT2D eigenvalue weighted by molar-refractivity contribution is 7.85. The minimum atomic E-state index is -4.08. The van der Waals surface area contributed by atoms with E-state index in [4.69, 9.17) is 14.0 Å². The quantitative estimate of drug-likeness (QED) is 0.517. The van der Waals surface area contributed by atoms with Crippen molar-refractivity contribution in [2.24, 2.45) is 0 Å². The number of hydrogen-bond donors (Lipinski definition) is 1. The lowest BCUT2D eigenvalue weighted by atomic mass is 10.4. The third kappa shape index (κ3) is 5.98. The first kappa shape index (κ1) is 12.8. The smallest absolute Gasteiger partial charge is 0.270 e. The molecule has 0 amide bonds. The second-order valence-electron chi connectivity index (χ2n) is 2.73. The average Bonchev–Trinajstić information content (AvgIpc) is 1.82. The van der Waals surface area contributed by atoms with Crippen LogP contribution in [0.25, 0.3) is 0 Å². The zero-order valence-corrected chi connectivity index (χ0v) is 8.93. The van der Waals surface area contributed by atoms with E-state index in [1.165, 1.54) is 6.92 Å². The van der Waals surface area contributed by atoms with Gasteiger partial charge in [-0.3, -0.25) is 4.55 Å². The molecule has 0 aromatic heterocycles. The molecule has 0 aliphatic carbocycles. The van der Waals surface area contributed by atoms with E-state index in [0.29, 0.717) is 13.2 Å². The Morgan fingerprint density at radius 3 is 1.85 bits per heavy atom. The molecule has 0 bridgehead atoms. The molecular formula is C7H16O5S. The molecule has 0 aromatic carbocycles. The van der Waals surface area contributed by atoms with Gasteiger partial charge in [-0.15, -0.1) is 0 Å². The van der Waals surface area contributed by atoms with E-state index in [1.807, 2.05) is 0 Å². The van der Waals surface area contributed by atoms with Crippen molar-refractivity contribution in [3.8, 4) is 0 Å². The van der Waals surface area contributed by atoms with Gasteiger partial charge in [0.1, 0.15) is 5.75 Å². The Labute approximate surface area is 78.8 Å². The summed E-state index contributed by atoms with van der Waals surface area (Å²) in [5.74, 6) is -1.81. The van der Waals surface area contributed by atoms with E-state index in [1.54, 1.807) is 13.8 Å². The summed E-state index contributed by atoms with van der Waals surface area (Å²) in [5.41, 5.74) is 0. The highest BCUT2D eigenvalue weighted by atomic mass is 32.2. The van der Waals surface area contributed by atoms with E-state index in [9.17, 15) is 8.42 Å². The van der Waals surface area contributed by atoms with E-state index in [-0.39, 0.29) is 0 Å². The summed E-state index contributed by atoms with van der Waals surface area (Å²) in [6.07, 6.45) is 0. The molecule has 1 N–H and O–H groups in total. The molecule has 6 heteroatoms. The molecule has 0 aliphatic heterocycles. The highest BCUT2D eigenvalue weighted by Crippen LogP contribution is 2.14. The Morgan fingerprint density at radius 1 is 1.23 bits per heavy atom. The maximum Gasteiger partial charge on any atom is 0.270 e. The summed E-state index contributed by atoms with van der Waals surface area (Å²) < 4.78 is 40.0. The van der Waals surface area contributed by atoms with Crippen molar-refractivity contribution < 1.29 is 22.4 Å². The third-order valence-corrected chi connectivity index (χ3v) is 2.23. The van der Waals surface area contributed by atoms with Crippen LogP contribution in [0.1, 0.15) is 20.8 Å². The molecule has 5 nitrogen and oxygen atoms in total. The van der Waals surface area contributed by atoms with Crippen molar-refractivity contribution in [3.63, 3.8) is 0 Å². The summed E-state index contributed by atoms with van der Waals surface area (Å²) in [7, 11) is -4.08. The largest absolute Gasteiger partial charge is 0.349 e. The van der Waals surface area contributed by atoms with Gasteiger partial charge in [-0.2, -0.15) is 8.42 Å². The normalized spacial score (nSPS) is 13.2. The van der Waals surface area contributed by atoms with Crippen molar-refractivity contribution >= 4 is 10.1 Å². The summed E-state index contributed by atoms with van der Waals surface area (Å²) in [4.78, 5) is 0. The topological polar surface area (TPSA) is 72.8 Å². The van der Waals surface area contributed by atoms with Crippen LogP contribution < -0.4 is 0 Å². The van der Waals surface area contributed by atoms with Gasteiger partial charge >= 0.3 is 0 Å². The zero-order valence-electron chi connectivity index (χ0n) is 8.11. The predicted octanol–water partition coefficient (Wildman–Crippen LogP) is 0.663. The van der Waals surface area contributed by atoms with E-state index < -0.39 is 21.7 Å². The SMILES string of the molecule is CCOC(C)(CS(=O)(=O)O)OCC. The van der Waals surface area contributed by atoms with E-state index in [2.05, 4.69) is 0 Å². The van der Waals surface area contributed by atoms with Crippen molar-refractivity contribution in [1.82, 2.24) is 0 Å². The lowest BCUT2D eigenvalue weighted by molar-refractivity contribution is -0.205. The van der Waals surface area contributed by atoms with Crippen molar-refractivity contribution in [3.05, 3.63) is 0 Å². The second kappa shape index (κ2) is 4.90. The molecule has 0 fully saturated rings. The van der Waals surface area contributed by atoms with Gasteiger partial charge in [0.2, 0.25) is 0 Å². The van der Waals surface area contributed by atoms with Gasteiger partial charge in [0.15, 0.2) is 5.79 Å². The first-order valence-corrected chi connectivity index (χ1v) is 5.67. The van der Waals surface area contributed by atoms with Gasteiger partial charge in [-0.1, -0.05) is 0 Å². The molecule has 80 valence electrons. The Kier molecular flexibility index (Phi) is 4.83. The standard InChI is InChI=1S/C7H16O5S/c1-4-11-7(3,12-5-2)6-13(8,9)10/h4-6H2,1-3H3,(H,8,9,10). The van der Waals surface area contributed by atoms with Crippen LogP contribution in [0.2, 0.25) is 0 Å². The molecule has 13 heavy (non-hydrogen) atoms. The van der Waals surface area contributed by atoms with Crippen LogP contribution in [-0.2, 0) is 19.6 Å². The van der Waals surface area contributed by atoms with Gasteiger partial charge in [0.25, 0.3) is 10.1 Å². The van der Waals surface area contributed by atoms with Crippen molar-refractivity contribution in [1.29, 1.82) is 0 Å². The lowest BCUT2D eigenvalue weighted by Gasteiger charge is -2.27. The minimum absolute atomic E-state index is 0.325. The van der Waals surface area contributed by atoms with Gasteiger partial charge in [-0.25, -0.2) is 0 Å². The fraction of sp³-hybridized carbons (Fsp3) is 1.00. The van der Waals surface area contributed by atoms with Crippen molar-refractivity contribution in [2.45, 2.75) is 26.6 Å². The fourth-order valence-corrected chi connectivity index (χ4v) is 1.90. The maximum absolute atomic E-state index is 10.6. The van der Waals surface area contributed by atoms with Crippen LogP contribution in [0.5, 0.6) is 0 Å². The van der Waals surface area contributed by atoms with Crippen LogP contribution in [0.3, 0.4) is 0 Å². The van der Waals surface area contributed by atoms with Crippen LogP contribution in [0.4, 0.5) is 0 Å². The summed E-state index contributed by atoms with van der Waals surface area (Å²) in [6.45, 7) is 5.58. The zero-order chi connectivity index (χ0) is 10.5. The molecule has 0 heterocycles. The highest BCUT2D eigenvalue weighted by Gasteiger charge is 2.30. The average molecular weight is 212 g/mol. The Morgan fingerprint density at radius 2 is 1.62 bits per heavy atom. The molecule has 0 spiro atoms. The second-order valence-corrected chi connectivity index (χ2v) is 4.18. The van der Waals surface area contributed by atoms with Crippen molar-refractivity contribution in [2.75, 3.05) is 19.0 Å². The van der Waals surface area contributed by atoms with Crippen LogP contribution in [0, 0.1) is 0 Å². The number of hydrogen-bond acceptors (Lipinski definition) is 4. The van der Waals surface area contributed by atoms with Gasteiger partial charge in [0, 0.05) is 13.2 Å². The molecule has 0 aromatic rings. The third-order valence-electron chi connectivity index (χ3n) is 1.34. The molecule has 0 radical (unpaired) electrons. The molecule has 0 aliphatic rings. The van der Waals surface area contributed by atoms with Crippen LogP contribution in [0.15, 0.2) is 0 Å². The Balaban J connectivity index is 4.40. The van der Waals surface area contributed by atoms with Crippen LogP contribution >= 0.6 is 0 Å². The molecule has 0 atom stereocenters. The van der Waals surface area contributed by atoms with Crippen LogP contribution in [-0.4, -0.2) is 37.7 Å².